The van der Waals surface area contributed by atoms with Gasteiger partial charge in [-0.15, -0.1) is 0 Å². The molecule has 0 spiro atoms. The molecule has 0 N–H and O–H groups in total. The van der Waals surface area contributed by atoms with Crippen molar-refractivity contribution in [3.05, 3.63) is 42.1 Å². The Bertz CT molecular complexity index is 977. The molecule has 1 aliphatic heterocycles. The molecule has 1 atom stereocenters. The summed E-state index contributed by atoms with van der Waals surface area (Å²) in [4.78, 5) is 29.9. The third-order valence-electron chi connectivity index (χ3n) is 5.18. The fraction of sp³-hybridized carbons (Fsp3) is 0.364. The van der Waals surface area contributed by atoms with Crippen LogP contribution in [0.2, 0.25) is 0 Å². The summed E-state index contributed by atoms with van der Waals surface area (Å²) < 4.78 is 11.5. The number of rotatable bonds is 7. The van der Waals surface area contributed by atoms with Crippen molar-refractivity contribution in [3.8, 4) is 23.4 Å². The molecule has 7 heteroatoms. The van der Waals surface area contributed by atoms with Crippen LogP contribution in [0.5, 0.6) is 17.4 Å². The van der Waals surface area contributed by atoms with Crippen LogP contribution in [0.1, 0.15) is 38.2 Å². The summed E-state index contributed by atoms with van der Waals surface area (Å²) in [5, 5.41) is 9.25. The van der Waals surface area contributed by atoms with Crippen LogP contribution in [0.4, 0.5) is 5.69 Å². The Balaban J connectivity index is 1.47. The number of anilines is 1. The highest BCUT2D eigenvalue weighted by molar-refractivity contribution is 6.20. The van der Waals surface area contributed by atoms with Crippen LogP contribution >= 0.6 is 0 Å². The van der Waals surface area contributed by atoms with Crippen molar-refractivity contribution in [1.29, 1.82) is 5.26 Å². The summed E-state index contributed by atoms with van der Waals surface area (Å²) in [6, 6.07) is 10.4. The van der Waals surface area contributed by atoms with Gasteiger partial charge in [-0.1, -0.05) is 6.92 Å². The minimum Gasteiger partial charge on any atom is -0.492 e. The van der Waals surface area contributed by atoms with Crippen molar-refractivity contribution in [1.82, 2.24) is 4.98 Å². The lowest BCUT2D eigenvalue weighted by Gasteiger charge is -2.15. The van der Waals surface area contributed by atoms with Gasteiger partial charge in [-0.25, -0.2) is 9.88 Å². The van der Waals surface area contributed by atoms with E-state index >= 15 is 0 Å². The fourth-order valence-corrected chi connectivity index (χ4v) is 3.24. The van der Waals surface area contributed by atoms with E-state index in [1.54, 1.807) is 30.3 Å². The zero-order valence-electron chi connectivity index (χ0n) is 16.1. The predicted octanol–water partition coefficient (Wildman–Crippen LogP) is 3.82. The van der Waals surface area contributed by atoms with Gasteiger partial charge < -0.3 is 9.47 Å². The number of nitrogens with zero attached hydrogens (tertiary/aromatic N) is 3. The summed E-state index contributed by atoms with van der Waals surface area (Å²) in [6.45, 7) is 2.50. The number of hydrogen-bond donors (Lipinski definition) is 0. The Hall–Kier alpha value is -3.40. The largest absolute Gasteiger partial charge is 0.492 e. The van der Waals surface area contributed by atoms with Crippen molar-refractivity contribution in [2.24, 2.45) is 11.8 Å². The van der Waals surface area contributed by atoms with Crippen LogP contribution in [-0.2, 0) is 9.59 Å². The third-order valence-corrected chi connectivity index (χ3v) is 5.18. The molecule has 4 rings (SSSR count). The standard InChI is InChI=1S/C22H21N3O4/c1-2-15-9-21(26)25(22(15)27)17-6-8-20(24-12-17)29-18-7-5-16(11-23)19(10-18)28-13-14-3-4-14/h5-8,10,12,14-15H,2-4,9,13H2,1H3/t15-/m0/s1. The smallest absolute Gasteiger partial charge is 0.237 e. The minimum atomic E-state index is -0.258. The molecule has 2 heterocycles. The molecule has 29 heavy (non-hydrogen) atoms. The Morgan fingerprint density at radius 1 is 1.24 bits per heavy atom. The molecule has 148 valence electrons. The topological polar surface area (TPSA) is 92.5 Å². The SMILES string of the molecule is CC[C@H]1CC(=O)N(c2ccc(Oc3ccc(C#N)c(OCC4CC4)c3)nc2)C1=O. The highest BCUT2D eigenvalue weighted by atomic mass is 16.5. The van der Waals surface area contributed by atoms with E-state index in [1.807, 2.05) is 6.92 Å². The molecule has 2 amide bonds. The van der Waals surface area contributed by atoms with Crippen molar-refractivity contribution in [2.45, 2.75) is 32.6 Å². The number of benzene rings is 1. The summed E-state index contributed by atoms with van der Waals surface area (Å²) in [5.74, 6) is 1.23. The van der Waals surface area contributed by atoms with Gasteiger partial charge in [0.25, 0.3) is 0 Å². The van der Waals surface area contributed by atoms with Crippen LogP contribution in [0.3, 0.4) is 0 Å². The van der Waals surface area contributed by atoms with Crippen molar-refractivity contribution >= 4 is 17.5 Å². The van der Waals surface area contributed by atoms with Gasteiger partial charge in [0.05, 0.1) is 24.1 Å². The first kappa shape index (κ1) is 18.9. The van der Waals surface area contributed by atoms with E-state index in [4.69, 9.17) is 9.47 Å². The zero-order valence-corrected chi connectivity index (χ0v) is 16.1. The number of imide groups is 1. The van der Waals surface area contributed by atoms with Gasteiger partial charge in [0.1, 0.15) is 17.6 Å². The van der Waals surface area contributed by atoms with E-state index in [2.05, 4.69) is 11.1 Å². The number of carbonyl (C=O) groups is 2. The zero-order chi connectivity index (χ0) is 20.4. The van der Waals surface area contributed by atoms with Crippen LogP contribution in [0.25, 0.3) is 0 Å². The molecule has 1 saturated carbocycles. The molecule has 0 bridgehead atoms. The van der Waals surface area contributed by atoms with Gasteiger partial charge in [0.2, 0.25) is 17.7 Å². The average molecular weight is 391 g/mol. The van der Waals surface area contributed by atoms with Gasteiger partial charge in [-0.05, 0) is 43.4 Å². The summed E-state index contributed by atoms with van der Waals surface area (Å²) >= 11 is 0. The van der Waals surface area contributed by atoms with Crippen LogP contribution in [0, 0.1) is 23.2 Å². The summed E-state index contributed by atoms with van der Waals surface area (Å²) in [5.41, 5.74) is 0.898. The Morgan fingerprint density at radius 2 is 2.07 bits per heavy atom. The summed E-state index contributed by atoms with van der Waals surface area (Å²) in [6.07, 6.45) is 4.66. The maximum absolute atomic E-state index is 12.3. The first-order valence-corrected chi connectivity index (χ1v) is 9.76. The maximum Gasteiger partial charge on any atom is 0.237 e. The first-order valence-electron chi connectivity index (χ1n) is 9.76. The molecular formula is C22H21N3O4. The Labute approximate surface area is 168 Å². The monoisotopic (exact) mass is 391 g/mol. The average Bonchev–Trinajstić information content (AvgIpc) is 3.51. The second-order valence-corrected chi connectivity index (χ2v) is 7.36. The molecule has 1 saturated heterocycles. The van der Waals surface area contributed by atoms with Gasteiger partial charge in [-0.3, -0.25) is 9.59 Å². The lowest BCUT2D eigenvalue weighted by Crippen LogP contribution is -2.30. The number of hydrogen-bond acceptors (Lipinski definition) is 6. The second kappa shape index (κ2) is 7.92. The number of amides is 2. The van der Waals surface area contributed by atoms with E-state index < -0.39 is 0 Å². The second-order valence-electron chi connectivity index (χ2n) is 7.36. The van der Waals surface area contributed by atoms with Crippen molar-refractivity contribution in [3.63, 3.8) is 0 Å². The number of pyridine rings is 1. The van der Waals surface area contributed by atoms with E-state index in [0.29, 0.717) is 47.6 Å². The number of carbonyl (C=O) groups excluding carboxylic acids is 2. The number of aromatic nitrogens is 1. The lowest BCUT2D eigenvalue weighted by atomic mass is 10.1. The maximum atomic E-state index is 12.3. The third kappa shape index (κ3) is 4.06. The molecule has 2 fully saturated rings. The highest BCUT2D eigenvalue weighted by Gasteiger charge is 2.38. The van der Waals surface area contributed by atoms with Gasteiger partial charge in [0.15, 0.2) is 0 Å². The van der Waals surface area contributed by atoms with Crippen molar-refractivity contribution in [2.75, 3.05) is 11.5 Å². The minimum absolute atomic E-state index is 0.183. The molecule has 0 radical (unpaired) electrons. The normalized spacial score (nSPS) is 18.6. The molecule has 1 aromatic carbocycles. The molecule has 1 aliphatic carbocycles. The fourth-order valence-electron chi connectivity index (χ4n) is 3.24. The van der Waals surface area contributed by atoms with E-state index in [0.717, 1.165) is 12.8 Å². The van der Waals surface area contributed by atoms with Crippen LogP contribution in [0.15, 0.2) is 36.5 Å². The van der Waals surface area contributed by atoms with Gasteiger partial charge in [-0.2, -0.15) is 5.26 Å². The van der Waals surface area contributed by atoms with Crippen LogP contribution < -0.4 is 14.4 Å². The van der Waals surface area contributed by atoms with E-state index in [1.165, 1.54) is 11.1 Å². The lowest BCUT2D eigenvalue weighted by molar-refractivity contribution is -0.122. The molecular weight excluding hydrogens is 370 g/mol. The summed E-state index contributed by atoms with van der Waals surface area (Å²) in [7, 11) is 0. The molecule has 2 aromatic rings. The van der Waals surface area contributed by atoms with Crippen LogP contribution in [-0.4, -0.2) is 23.4 Å². The number of ether oxygens (including phenoxy) is 2. The van der Waals surface area contributed by atoms with Gasteiger partial charge in [0, 0.05) is 24.5 Å². The predicted molar refractivity (Wildman–Crippen MR) is 105 cm³/mol. The molecule has 0 unspecified atom stereocenters. The van der Waals surface area contributed by atoms with E-state index in [9.17, 15) is 14.9 Å². The Morgan fingerprint density at radius 3 is 2.69 bits per heavy atom. The van der Waals surface area contributed by atoms with Crippen molar-refractivity contribution < 1.29 is 19.1 Å². The quantitative estimate of drug-likeness (QED) is 0.666. The molecule has 7 nitrogen and oxygen atoms in total. The van der Waals surface area contributed by atoms with Gasteiger partial charge >= 0.3 is 0 Å². The first-order chi connectivity index (χ1) is 14.1. The molecule has 2 aliphatic rings. The highest BCUT2D eigenvalue weighted by Crippen LogP contribution is 2.33. The Kier molecular flexibility index (Phi) is 5.17. The number of nitriles is 1. The van der Waals surface area contributed by atoms with E-state index in [-0.39, 0.29) is 24.2 Å². The molecule has 1 aromatic heterocycles.